The zero-order chi connectivity index (χ0) is 22.0. The van der Waals surface area contributed by atoms with Crippen LogP contribution in [-0.4, -0.2) is 25.4 Å². The number of imidazole rings is 1. The first-order chi connectivity index (χ1) is 14.8. The third-order valence-electron chi connectivity index (χ3n) is 5.02. The summed E-state index contributed by atoms with van der Waals surface area (Å²) in [6.07, 6.45) is 5.13. The van der Waals surface area contributed by atoms with Gasteiger partial charge in [-0.05, 0) is 30.7 Å². The van der Waals surface area contributed by atoms with Crippen molar-refractivity contribution < 1.29 is 4.79 Å². The number of aromatic nitrogens is 4. The first-order valence-corrected chi connectivity index (χ1v) is 10.2. The number of carbonyl (C=O) groups is 1. The fraction of sp³-hybridized carbons (Fsp3) is 0.250. The van der Waals surface area contributed by atoms with Crippen LogP contribution in [0.2, 0.25) is 0 Å². The van der Waals surface area contributed by atoms with Crippen LogP contribution >= 0.6 is 0 Å². The summed E-state index contributed by atoms with van der Waals surface area (Å²) in [4.78, 5) is 25.8. The van der Waals surface area contributed by atoms with Gasteiger partial charge >= 0.3 is 0 Å². The second-order valence-electron chi connectivity index (χ2n) is 8.56. The number of hydrogen-bond acceptors (Lipinski definition) is 5. The van der Waals surface area contributed by atoms with Crippen molar-refractivity contribution in [2.45, 2.75) is 33.7 Å². The molecule has 0 unspecified atom stereocenters. The molecule has 0 spiro atoms. The number of nitrogens with one attached hydrogen (secondary N) is 2. The molecule has 7 heteroatoms. The minimum Gasteiger partial charge on any atom is -0.362 e. The highest BCUT2D eigenvalue weighted by molar-refractivity contribution is 5.96. The Morgan fingerprint density at radius 1 is 1.06 bits per heavy atom. The van der Waals surface area contributed by atoms with E-state index in [-0.39, 0.29) is 11.9 Å². The molecule has 0 saturated heterocycles. The van der Waals surface area contributed by atoms with Crippen molar-refractivity contribution >= 4 is 28.4 Å². The van der Waals surface area contributed by atoms with Crippen molar-refractivity contribution in [3.63, 3.8) is 0 Å². The molecule has 0 aliphatic carbocycles. The molecule has 158 valence electrons. The first kappa shape index (κ1) is 20.5. The number of carbonyl (C=O) groups excluding carboxylic acids is 1. The van der Waals surface area contributed by atoms with Gasteiger partial charge in [0, 0.05) is 17.1 Å². The van der Waals surface area contributed by atoms with Gasteiger partial charge in [0.25, 0.3) is 0 Å². The molecule has 0 aliphatic heterocycles. The van der Waals surface area contributed by atoms with E-state index in [1.54, 1.807) is 18.7 Å². The highest BCUT2D eigenvalue weighted by atomic mass is 16.2. The molecule has 2 heterocycles. The van der Waals surface area contributed by atoms with E-state index in [0.717, 1.165) is 16.7 Å². The summed E-state index contributed by atoms with van der Waals surface area (Å²) in [6.45, 7) is 7.74. The molecular formula is C24H26N6O. The van der Waals surface area contributed by atoms with Crippen molar-refractivity contribution in [1.29, 1.82) is 0 Å². The lowest BCUT2D eigenvalue weighted by molar-refractivity contribution is -0.123. The molecule has 1 amide bonds. The molecule has 0 radical (unpaired) electrons. The molecule has 1 atom stereocenters. The highest BCUT2D eigenvalue weighted by Gasteiger charge is 2.21. The first-order valence-electron chi connectivity index (χ1n) is 10.2. The summed E-state index contributed by atoms with van der Waals surface area (Å²) in [7, 11) is 0. The van der Waals surface area contributed by atoms with Gasteiger partial charge in [-0.25, -0.2) is 9.97 Å². The van der Waals surface area contributed by atoms with E-state index in [1.165, 1.54) is 5.56 Å². The summed E-state index contributed by atoms with van der Waals surface area (Å²) in [6, 6.07) is 16.0. The van der Waals surface area contributed by atoms with Crippen LogP contribution in [0.15, 0.2) is 67.3 Å². The van der Waals surface area contributed by atoms with Gasteiger partial charge in [-0.1, -0.05) is 51.1 Å². The van der Waals surface area contributed by atoms with Crippen LogP contribution in [0.1, 0.15) is 39.3 Å². The quantitative estimate of drug-likeness (QED) is 0.481. The maximum absolute atomic E-state index is 12.3. The molecule has 7 nitrogen and oxygen atoms in total. The van der Waals surface area contributed by atoms with Gasteiger partial charge in [-0.15, -0.1) is 0 Å². The van der Waals surface area contributed by atoms with Crippen molar-refractivity contribution in [1.82, 2.24) is 19.5 Å². The minimum absolute atomic E-state index is 0.0385. The lowest BCUT2D eigenvalue weighted by Crippen LogP contribution is -2.27. The van der Waals surface area contributed by atoms with Gasteiger partial charge < -0.3 is 10.6 Å². The monoisotopic (exact) mass is 414 g/mol. The normalized spacial score (nSPS) is 12.5. The average molecular weight is 415 g/mol. The summed E-state index contributed by atoms with van der Waals surface area (Å²) in [5, 5.41) is 6.34. The van der Waals surface area contributed by atoms with Crippen LogP contribution in [0.3, 0.4) is 0 Å². The smallest absolute Gasteiger partial charge is 0.229 e. The number of anilines is 2. The molecule has 31 heavy (non-hydrogen) atoms. The fourth-order valence-electron chi connectivity index (χ4n) is 3.18. The van der Waals surface area contributed by atoms with E-state index in [1.807, 2.05) is 61.7 Å². The number of amides is 1. The Bertz CT molecular complexity index is 1210. The maximum Gasteiger partial charge on any atom is 0.229 e. The molecule has 2 aromatic heterocycles. The molecule has 2 N–H and O–H groups in total. The fourth-order valence-corrected chi connectivity index (χ4v) is 3.18. The van der Waals surface area contributed by atoms with Crippen LogP contribution < -0.4 is 10.6 Å². The minimum atomic E-state index is -0.464. The Balaban J connectivity index is 1.58. The Morgan fingerprint density at radius 3 is 2.58 bits per heavy atom. The third-order valence-corrected chi connectivity index (χ3v) is 5.02. The van der Waals surface area contributed by atoms with Crippen molar-refractivity contribution in [2.24, 2.45) is 5.41 Å². The van der Waals surface area contributed by atoms with Crippen LogP contribution in [0.25, 0.3) is 16.9 Å². The molecule has 4 aromatic rings. The predicted molar refractivity (Wildman–Crippen MR) is 123 cm³/mol. The van der Waals surface area contributed by atoms with E-state index in [0.29, 0.717) is 11.6 Å². The van der Waals surface area contributed by atoms with Gasteiger partial charge in [0.1, 0.15) is 12.1 Å². The Morgan fingerprint density at radius 2 is 1.84 bits per heavy atom. The molecule has 2 aromatic carbocycles. The second-order valence-corrected chi connectivity index (χ2v) is 8.56. The standard InChI is InChI=1S/C24H26N6O/c1-16(17-8-6-5-7-9-17)27-21-13-25-14-22(29-21)30-15-26-19-12-18(10-11-20(19)30)28-23(31)24(2,3)4/h5-16H,1-4H3,(H,27,29)(H,28,31)/t16-/m0/s1. The second kappa shape index (κ2) is 8.18. The molecule has 0 fully saturated rings. The molecule has 0 aliphatic rings. The number of fused-ring (bicyclic) bond motifs is 1. The van der Waals surface area contributed by atoms with Crippen LogP contribution in [0.5, 0.6) is 0 Å². The Labute approximate surface area is 181 Å². The van der Waals surface area contributed by atoms with Crippen molar-refractivity contribution in [2.75, 3.05) is 10.6 Å². The zero-order valence-corrected chi connectivity index (χ0v) is 18.1. The van der Waals surface area contributed by atoms with E-state index < -0.39 is 5.41 Å². The molecule has 0 bridgehead atoms. The molecule has 4 rings (SSSR count). The molecule has 0 saturated carbocycles. The zero-order valence-electron chi connectivity index (χ0n) is 18.1. The summed E-state index contributed by atoms with van der Waals surface area (Å²) >= 11 is 0. The largest absolute Gasteiger partial charge is 0.362 e. The number of rotatable bonds is 5. The molecular weight excluding hydrogens is 388 g/mol. The van der Waals surface area contributed by atoms with E-state index >= 15 is 0 Å². The van der Waals surface area contributed by atoms with Gasteiger partial charge in [-0.2, -0.15) is 0 Å². The summed E-state index contributed by atoms with van der Waals surface area (Å²) in [5.74, 6) is 1.31. The lowest BCUT2D eigenvalue weighted by atomic mass is 9.95. The number of hydrogen-bond donors (Lipinski definition) is 2. The summed E-state index contributed by atoms with van der Waals surface area (Å²) < 4.78 is 1.88. The van der Waals surface area contributed by atoms with Crippen molar-refractivity contribution in [3.05, 3.63) is 72.8 Å². The Hall–Kier alpha value is -3.74. The topological polar surface area (TPSA) is 84.7 Å². The summed E-state index contributed by atoms with van der Waals surface area (Å²) in [5.41, 5.74) is 3.08. The number of benzene rings is 2. The van der Waals surface area contributed by atoms with E-state index in [9.17, 15) is 4.79 Å². The van der Waals surface area contributed by atoms with Crippen LogP contribution in [0, 0.1) is 5.41 Å². The van der Waals surface area contributed by atoms with Gasteiger partial charge in [0.15, 0.2) is 5.82 Å². The van der Waals surface area contributed by atoms with E-state index in [2.05, 4.69) is 39.7 Å². The van der Waals surface area contributed by atoms with E-state index in [4.69, 9.17) is 4.98 Å². The maximum atomic E-state index is 12.3. The third kappa shape index (κ3) is 4.55. The highest BCUT2D eigenvalue weighted by Crippen LogP contribution is 2.24. The lowest BCUT2D eigenvalue weighted by Gasteiger charge is -2.17. The van der Waals surface area contributed by atoms with Crippen molar-refractivity contribution in [3.8, 4) is 5.82 Å². The average Bonchev–Trinajstić information content (AvgIpc) is 3.17. The predicted octanol–water partition coefficient (Wildman–Crippen LogP) is 4.97. The van der Waals surface area contributed by atoms with Gasteiger partial charge in [0.2, 0.25) is 5.91 Å². The van der Waals surface area contributed by atoms with Crippen LogP contribution in [0.4, 0.5) is 11.5 Å². The Kier molecular flexibility index (Phi) is 5.42. The van der Waals surface area contributed by atoms with Gasteiger partial charge in [-0.3, -0.25) is 14.3 Å². The van der Waals surface area contributed by atoms with Gasteiger partial charge in [0.05, 0.1) is 23.4 Å². The SMILES string of the molecule is C[C@H](Nc1cncc(-n2cnc3cc(NC(=O)C(C)(C)C)ccc32)n1)c1ccccc1. The number of nitrogens with zero attached hydrogens (tertiary/aromatic N) is 4. The van der Waals surface area contributed by atoms with Crippen LogP contribution in [-0.2, 0) is 4.79 Å².